The second kappa shape index (κ2) is 5.65. The molecule has 0 aliphatic heterocycles. The molecule has 1 aliphatic carbocycles. The van der Waals surface area contributed by atoms with Gasteiger partial charge in [0.2, 0.25) is 0 Å². The lowest BCUT2D eigenvalue weighted by atomic mass is 9.67. The molecule has 100 valence electrons. The maximum Gasteiger partial charge on any atom is 0.0409 e. The van der Waals surface area contributed by atoms with Gasteiger partial charge in [-0.3, -0.25) is 0 Å². The summed E-state index contributed by atoms with van der Waals surface area (Å²) in [5.41, 5.74) is 3.13. The summed E-state index contributed by atoms with van der Waals surface area (Å²) in [4.78, 5) is 0. The Labute approximate surface area is 117 Å². The Hall–Kier alpha value is -0.490. The van der Waals surface area contributed by atoms with Crippen molar-refractivity contribution in [2.45, 2.75) is 58.3 Å². The van der Waals surface area contributed by atoms with Gasteiger partial charge in [0.05, 0.1) is 0 Å². The van der Waals surface area contributed by atoms with Crippen molar-refractivity contribution in [1.29, 1.82) is 0 Å². The first-order chi connectivity index (χ1) is 8.49. The zero-order chi connectivity index (χ0) is 13.2. The monoisotopic (exact) mass is 264 g/mol. The van der Waals surface area contributed by atoms with Gasteiger partial charge in [-0.05, 0) is 43.1 Å². The molecule has 0 aromatic heterocycles. The Kier molecular flexibility index (Phi) is 4.37. The second-order valence-corrected chi connectivity index (χ2v) is 7.11. The van der Waals surface area contributed by atoms with Crippen LogP contribution in [0, 0.1) is 18.3 Å². The fourth-order valence-electron chi connectivity index (χ4n) is 3.40. The molecule has 2 rings (SSSR count). The van der Waals surface area contributed by atoms with E-state index in [1.165, 1.54) is 36.8 Å². The van der Waals surface area contributed by atoms with Gasteiger partial charge in [-0.1, -0.05) is 56.5 Å². The molecule has 1 aromatic carbocycles. The van der Waals surface area contributed by atoms with Crippen LogP contribution >= 0.6 is 11.6 Å². The minimum atomic E-state index is 0.280. The molecule has 0 saturated heterocycles. The average Bonchev–Trinajstić information content (AvgIpc) is 2.28. The summed E-state index contributed by atoms with van der Waals surface area (Å²) >= 11 is 6.73. The number of benzene rings is 1. The summed E-state index contributed by atoms with van der Waals surface area (Å²) in [6.45, 7) is 6.93. The van der Waals surface area contributed by atoms with Crippen LogP contribution in [0.2, 0.25) is 0 Å². The minimum absolute atomic E-state index is 0.280. The molecule has 1 heteroatoms. The lowest BCUT2D eigenvalue weighted by Gasteiger charge is -2.41. The van der Waals surface area contributed by atoms with Crippen LogP contribution < -0.4 is 0 Å². The van der Waals surface area contributed by atoms with E-state index in [4.69, 9.17) is 11.6 Å². The Balaban J connectivity index is 2.05. The van der Waals surface area contributed by atoms with Gasteiger partial charge in [-0.2, -0.15) is 0 Å². The van der Waals surface area contributed by atoms with Gasteiger partial charge in [0, 0.05) is 5.38 Å². The van der Waals surface area contributed by atoms with Gasteiger partial charge in [0.15, 0.2) is 0 Å². The molecule has 2 unspecified atom stereocenters. The van der Waals surface area contributed by atoms with E-state index in [0.29, 0.717) is 11.3 Å². The van der Waals surface area contributed by atoms with Gasteiger partial charge in [0.25, 0.3) is 0 Å². The molecule has 0 N–H and O–H groups in total. The first kappa shape index (κ1) is 13.9. The molecule has 0 heterocycles. The number of alkyl halides is 1. The van der Waals surface area contributed by atoms with Gasteiger partial charge < -0.3 is 0 Å². The molecule has 0 radical (unpaired) electrons. The van der Waals surface area contributed by atoms with Crippen molar-refractivity contribution in [1.82, 2.24) is 0 Å². The summed E-state index contributed by atoms with van der Waals surface area (Å²) in [5, 5.41) is 0.280. The van der Waals surface area contributed by atoms with Gasteiger partial charge in [-0.25, -0.2) is 0 Å². The molecule has 0 spiro atoms. The molecular formula is C17H25Cl. The van der Waals surface area contributed by atoms with E-state index in [1.807, 2.05) is 0 Å². The predicted molar refractivity (Wildman–Crippen MR) is 80.3 cm³/mol. The van der Waals surface area contributed by atoms with Crippen molar-refractivity contribution in [3.63, 3.8) is 0 Å². The number of halogens is 1. The minimum Gasteiger partial charge on any atom is -0.122 e. The number of aryl methyl sites for hydroxylation is 1. The van der Waals surface area contributed by atoms with Gasteiger partial charge in [0.1, 0.15) is 0 Å². The summed E-state index contributed by atoms with van der Waals surface area (Å²) in [6, 6.07) is 8.76. The first-order valence-corrected chi connectivity index (χ1v) is 7.62. The van der Waals surface area contributed by atoms with E-state index in [-0.39, 0.29) is 5.38 Å². The van der Waals surface area contributed by atoms with E-state index in [9.17, 15) is 0 Å². The summed E-state index contributed by atoms with van der Waals surface area (Å²) in [6.07, 6.45) is 6.36. The molecule has 2 atom stereocenters. The highest BCUT2D eigenvalue weighted by Gasteiger charge is 2.36. The Bertz CT molecular complexity index is 394. The molecule has 1 fully saturated rings. The number of rotatable bonds is 3. The Morgan fingerprint density at radius 3 is 2.78 bits per heavy atom. The van der Waals surface area contributed by atoms with Crippen molar-refractivity contribution in [2.75, 3.05) is 0 Å². The summed E-state index contributed by atoms with van der Waals surface area (Å²) < 4.78 is 0. The largest absolute Gasteiger partial charge is 0.122 e. The fraction of sp³-hybridized carbons (Fsp3) is 0.647. The quantitative estimate of drug-likeness (QED) is 0.645. The van der Waals surface area contributed by atoms with E-state index >= 15 is 0 Å². The van der Waals surface area contributed by atoms with Crippen LogP contribution in [0.1, 0.15) is 50.7 Å². The predicted octanol–water partition coefficient (Wildman–Crippen LogP) is 5.36. The third-order valence-corrected chi connectivity index (χ3v) is 5.00. The van der Waals surface area contributed by atoms with Gasteiger partial charge in [-0.15, -0.1) is 11.6 Å². The highest BCUT2D eigenvalue weighted by molar-refractivity contribution is 6.21. The van der Waals surface area contributed by atoms with Crippen LogP contribution in [0.25, 0.3) is 0 Å². The van der Waals surface area contributed by atoms with Crippen LogP contribution in [0.4, 0.5) is 0 Å². The molecule has 18 heavy (non-hydrogen) atoms. The van der Waals surface area contributed by atoms with Crippen molar-refractivity contribution >= 4 is 11.6 Å². The molecule has 1 saturated carbocycles. The first-order valence-electron chi connectivity index (χ1n) is 7.19. The highest BCUT2D eigenvalue weighted by Crippen LogP contribution is 2.44. The molecule has 0 amide bonds. The summed E-state index contributed by atoms with van der Waals surface area (Å²) in [5.74, 6) is 0.661. The smallest absolute Gasteiger partial charge is 0.0409 e. The second-order valence-electron chi connectivity index (χ2n) is 6.55. The SMILES string of the molecule is Cc1cccc(CC(Cl)C2CCCCC2(C)C)c1. The zero-order valence-electron chi connectivity index (χ0n) is 11.9. The van der Waals surface area contributed by atoms with Crippen molar-refractivity contribution in [2.24, 2.45) is 11.3 Å². The maximum atomic E-state index is 6.73. The van der Waals surface area contributed by atoms with Gasteiger partial charge >= 0.3 is 0 Å². The Morgan fingerprint density at radius 2 is 2.11 bits per heavy atom. The topological polar surface area (TPSA) is 0 Å². The van der Waals surface area contributed by atoms with Crippen LogP contribution in [-0.2, 0) is 6.42 Å². The fourth-order valence-corrected chi connectivity index (χ4v) is 4.04. The van der Waals surface area contributed by atoms with Crippen LogP contribution in [0.5, 0.6) is 0 Å². The normalized spacial score (nSPS) is 24.8. The van der Waals surface area contributed by atoms with Crippen LogP contribution in [0.15, 0.2) is 24.3 Å². The molecular weight excluding hydrogens is 240 g/mol. The standard InChI is InChI=1S/C17H25Cl/c1-13-7-6-8-14(11-13)12-16(18)15-9-4-5-10-17(15,2)3/h6-8,11,15-16H,4-5,9-10,12H2,1-3H3. The van der Waals surface area contributed by atoms with Crippen LogP contribution in [0.3, 0.4) is 0 Å². The van der Waals surface area contributed by atoms with E-state index in [2.05, 4.69) is 45.0 Å². The summed E-state index contributed by atoms with van der Waals surface area (Å²) in [7, 11) is 0. The highest BCUT2D eigenvalue weighted by atomic mass is 35.5. The van der Waals surface area contributed by atoms with Crippen molar-refractivity contribution < 1.29 is 0 Å². The van der Waals surface area contributed by atoms with Crippen LogP contribution in [-0.4, -0.2) is 5.38 Å². The van der Waals surface area contributed by atoms with E-state index in [0.717, 1.165) is 6.42 Å². The molecule has 0 nitrogen and oxygen atoms in total. The lowest BCUT2D eigenvalue weighted by Crippen LogP contribution is -2.35. The molecule has 0 bridgehead atoms. The van der Waals surface area contributed by atoms with Crippen molar-refractivity contribution in [3.8, 4) is 0 Å². The number of hydrogen-bond donors (Lipinski definition) is 0. The van der Waals surface area contributed by atoms with E-state index < -0.39 is 0 Å². The Morgan fingerprint density at radius 1 is 1.33 bits per heavy atom. The molecule has 1 aromatic rings. The third-order valence-electron chi connectivity index (χ3n) is 4.54. The number of hydrogen-bond acceptors (Lipinski definition) is 0. The third kappa shape index (κ3) is 3.29. The average molecular weight is 265 g/mol. The van der Waals surface area contributed by atoms with E-state index in [1.54, 1.807) is 0 Å². The van der Waals surface area contributed by atoms with Crippen molar-refractivity contribution in [3.05, 3.63) is 35.4 Å². The lowest BCUT2D eigenvalue weighted by molar-refractivity contribution is 0.133. The molecule has 1 aliphatic rings. The maximum absolute atomic E-state index is 6.73. The zero-order valence-corrected chi connectivity index (χ0v) is 12.6.